The Morgan fingerprint density at radius 3 is 2.12 bits per heavy atom. The lowest BCUT2D eigenvalue weighted by Crippen LogP contribution is -2.46. The van der Waals surface area contributed by atoms with Gasteiger partial charge in [-0.25, -0.2) is 14.0 Å². The number of hydrogen-bond donors (Lipinski definition) is 1. The monoisotopic (exact) mass is 580 g/mol. The van der Waals surface area contributed by atoms with Gasteiger partial charge in [-0.3, -0.25) is 0 Å². The summed E-state index contributed by atoms with van der Waals surface area (Å²) in [4.78, 5) is 30.3. The van der Waals surface area contributed by atoms with E-state index in [1.807, 2.05) is 51.3 Å². The second-order valence-electron chi connectivity index (χ2n) is 13.1. The summed E-state index contributed by atoms with van der Waals surface area (Å²) < 4.78 is 27.5. The van der Waals surface area contributed by atoms with Crippen molar-refractivity contribution in [3.8, 4) is 16.9 Å². The summed E-state index contributed by atoms with van der Waals surface area (Å²) in [5.74, 6) is -1.20. The third kappa shape index (κ3) is 5.75. The van der Waals surface area contributed by atoms with Crippen LogP contribution in [0.2, 0.25) is 0 Å². The van der Waals surface area contributed by atoms with Crippen LogP contribution in [0.25, 0.3) is 11.1 Å². The molecule has 2 amide bonds. The summed E-state index contributed by atoms with van der Waals surface area (Å²) >= 11 is 0. The highest BCUT2D eigenvalue weighted by Crippen LogP contribution is 2.45. The SMILES string of the molecule is Cc1c(-c2c(C)c3c(c(C)c2[C@H](OC(C)(C)C)C(=O)O)CCN(C(=O)N2CCCCC2)CC3)cc(F)c2c1CCCO2. The molecular formula is C34H45FN2O5. The van der Waals surface area contributed by atoms with E-state index in [2.05, 4.69) is 0 Å². The second kappa shape index (κ2) is 11.9. The van der Waals surface area contributed by atoms with Crippen molar-refractivity contribution >= 4 is 12.0 Å². The van der Waals surface area contributed by atoms with E-state index in [-0.39, 0.29) is 6.03 Å². The molecule has 1 atom stereocenters. The van der Waals surface area contributed by atoms with Crippen molar-refractivity contribution in [3.63, 3.8) is 0 Å². The normalized spacial score (nSPS) is 18.1. The molecule has 42 heavy (non-hydrogen) atoms. The summed E-state index contributed by atoms with van der Waals surface area (Å²) in [6.07, 6.45) is 4.79. The first kappa shape index (κ1) is 30.3. The van der Waals surface area contributed by atoms with Crippen LogP contribution in [0.3, 0.4) is 0 Å². The van der Waals surface area contributed by atoms with Gasteiger partial charge in [0.25, 0.3) is 0 Å². The lowest BCUT2D eigenvalue weighted by Gasteiger charge is -2.32. The number of piperidine rings is 1. The Hall–Kier alpha value is -3.13. The van der Waals surface area contributed by atoms with Crippen molar-refractivity contribution < 1.29 is 28.6 Å². The van der Waals surface area contributed by atoms with Gasteiger partial charge in [-0.15, -0.1) is 0 Å². The summed E-state index contributed by atoms with van der Waals surface area (Å²) in [7, 11) is 0. The predicted molar refractivity (Wildman–Crippen MR) is 161 cm³/mol. The average molecular weight is 581 g/mol. The molecule has 0 saturated carbocycles. The maximum absolute atomic E-state index is 15.6. The van der Waals surface area contributed by atoms with E-state index in [4.69, 9.17) is 9.47 Å². The van der Waals surface area contributed by atoms with Crippen molar-refractivity contribution in [1.29, 1.82) is 0 Å². The molecule has 8 heteroatoms. The van der Waals surface area contributed by atoms with Gasteiger partial charge in [0.2, 0.25) is 0 Å². The van der Waals surface area contributed by atoms with Crippen LogP contribution in [0.15, 0.2) is 6.07 Å². The van der Waals surface area contributed by atoms with Crippen molar-refractivity contribution in [2.75, 3.05) is 32.8 Å². The van der Waals surface area contributed by atoms with Gasteiger partial charge in [0.1, 0.15) is 0 Å². The molecule has 7 nitrogen and oxygen atoms in total. The minimum Gasteiger partial charge on any atom is -0.490 e. The Balaban J connectivity index is 1.68. The number of fused-ring (bicyclic) bond motifs is 2. The molecule has 1 fully saturated rings. The van der Waals surface area contributed by atoms with E-state index >= 15 is 4.39 Å². The fraction of sp³-hybridized carbons (Fsp3) is 0.588. The van der Waals surface area contributed by atoms with Gasteiger partial charge in [-0.05, 0) is 131 Å². The van der Waals surface area contributed by atoms with Gasteiger partial charge >= 0.3 is 12.0 Å². The molecule has 1 saturated heterocycles. The smallest absolute Gasteiger partial charge is 0.337 e. The Morgan fingerprint density at radius 1 is 0.881 bits per heavy atom. The second-order valence-corrected chi connectivity index (χ2v) is 13.1. The number of halogens is 1. The number of amides is 2. The van der Waals surface area contributed by atoms with Crippen LogP contribution in [0.1, 0.15) is 91.5 Å². The van der Waals surface area contributed by atoms with Crippen LogP contribution in [0.5, 0.6) is 5.75 Å². The maximum atomic E-state index is 15.6. The highest BCUT2D eigenvalue weighted by atomic mass is 19.1. The number of carboxylic acids is 1. The van der Waals surface area contributed by atoms with Crippen LogP contribution in [-0.4, -0.2) is 65.3 Å². The lowest BCUT2D eigenvalue weighted by atomic mass is 9.79. The van der Waals surface area contributed by atoms with Gasteiger partial charge < -0.3 is 24.4 Å². The number of benzene rings is 2. The van der Waals surface area contributed by atoms with Gasteiger partial charge in [-0.2, -0.15) is 0 Å². The number of hydrogen-bond acceptors (Lipinski definition) is 4. The number of aliphatic carboxylic acids is 1. The molecular weight excluding hydrogens is 535 g/mol. The van der Waals surface area contributed by atoms with Crippen molar-refractivity contribution in [2.45, 2.75) is 98.2 Å². The van der Waals surface area contributed by atoms with Crippen LogP contribution >= 0.6 is 0 Å². The van der Waals surface area contributed by atoms with E-state index in [0.29, 0.717) is 55.8 Å². The standard InChI is InChI=1S/C34H45FN2O5/c1-20-25-11-10-18-41-30(25)27(35)19-26(20)28-21(2)23-12-16-37(33(40)36-14-8-7-9-15-36)17-13-24(23)22(3)29(28)31(32(38)39)42-34(4,5)6/h19,31H,7-18H2,1-6H3,(H,38,39)/t31-/m0/s1. The maximum Gasteiger partial charge on any atom is 0.337 e. The average Bonchev–Trinajstić information content (AvgIpc) is 3.19. The van der Waals surface area contributed by atoms with Gasteiger partial charge in [0.15, 0.2) is 17.7 Å². The zero-order chi connectivity index (χ0) is 30.3. The van der Waals surface area contributed by atoms with Crippen molar-refractivity contribution in [2.24, 2.45) is 0 Å². The Kier molecular flexibility index (Phi) is 8.57. The largest absolute Gasteiger partial charge is 0.490 e. The van der Waals surface area contributed by atoms with E-state index < -0.39 is 23.5 Å². The van der Waals surface area contributed by atoms with Crippen molar-refractivity contribution in [3.05, 3.63) is 50.8 Å². The molecule has 2 aromatic rings. The number of carbonyl (C=O) groups excluding carboxylic acids is 1. The first-order valence-corrected chi connectivity index (χ1v) is 15.4. The summed E-state index contributed by atoms with van der Waals surface area (Å²) in [6, 6.07) is 1.60. The van der Waals surface area contributed by atoms with Crippen LogP contribution in [-0.2, 0) is 28.8 Å². The third-order valence-electron chi connectivity index (χ3n) is 9.14. The van der Waals surface area contributed by atoms with Crippen molar-refractivity contribution in [1.82, 2.24) is 9.80 Å². The van der Waals surface area contributed by atoms with E-state index in [9.17, 15) is 14.7 Å². The van der Waals surface area contributed by atoms with Gasteiger partial charge in [-0.1, -0.05) is 0 Å². The summed E-state index contributed by atoms with van der Waals surface area (Å²) in [5.41, 5.74) is 6.98. The highest BCUT2D eigenvalue weighted by molar-refractivity contribution is 5.86. The number of rotatable bonds is 4. The Labute approximate surface area is 249 Å². The number of carboxylic acid groups (broad SMARTS) is 1. The number of ether oxygens (including phenoxy) is 2. The molecule has 0 unspecified atom stereocenters. The zero-order valence-corrected chi connectivity index (χ0v) is 26.0. The summed E-state index contributed by atoms with van der Waals surface area (Å²) in [6.45, 7) is 14.7. The molecule has 3 aliphatic rings. The molecule has 228 valence electrons. The minimum absolute atomic E-state index is 0.0883. The van der Waals surface area contributed by atoms with Gasteiger partial charge in [0, 0.05) is 37.3 Å². The van der Waals surface area contributed by atoms with E-state index in [0.717, 1.165) is 77.7 Å². The lowest BCUT2D eigenvalue weighted by molar-refractivity contribution is -0.160. The van der Waals surface area contributed by atoms with Crippen LogP contribution < -0.4 is 4.74 Å². The zero-order valence-electron chi connectivity index (χ0n) is 26.0. The number of nitrogens with zero attached hydrogens (tertiary/aromatic N) is 2. The van der Waals surface area contributed by atoms with Gasteiger partial charge in [0.05, 0.1) is 12.2 Å². The van der Waals surface area contributed by atoms with Crippen LogP contribution in [0.4, 0.5) is 9.18 Å². The molecule has 0 aromatic heterocycles. The molecule has 0 aliphatic carbocycles. The molecule has 0 bridgehead atoms. The molecule has 0 spiro atoms. The highest BCUT2D eigenvalue weighted by Gasteiger charge is 2.36. The summed E-state index contributed by atoms with van der Waals surface area (Å²) in [5, 5.41) is 10.5. The van der Waals surface area contributed by atoms with E-state index in [1.54, 1.807) is 0 Å². The topological polar surface area (TPSA) is 79.3 Å². The molecule has 0 radical (unpaired) electrons. The third-order valence-corrected chi connectivity index (χ3v) is 9.14. The molecule has 5 rings (SSSR count). The van der Waals surface area contributed by atoms with E-state index in [1.165, 1.54) is 6.07 Å². The number of urea groups is 1. The molecule has 2 aromatic carbocycles. The Morgan fingerprint density at radius 2 is 1.50 bits per heavy atom. The number of carbonyl (C=O) groups is 2. The molecule has 3 heterocycles. The Bertz CT molecular complexity index is 1390. The molecule has 1 N–H and O–H groups in total. The predicted octanol–water partition coefficient (Wildman–Crippen LogP) is 6.69. The first-order valence-electron chi connectivity index (χ1n) is 15.4. The number of likely N-dealkylation sites (tertiary alicyclic amines) is 1. The quantitative estimate of drug-likeness (QED) is 0.436. The minimum atomic E-state index is -1.24. The fourth-order valence-corrected chi connectivity index (χ4v) is 7.09. The molecule has 3 aliphatic heterocycles. The first-order chi connectivity index (χ1) is 19.9. The van der Waals surface area contributed by atoms with Crippen LogP contribution in [0, 0.1) is 26.6 Å². The fourth-order valence-electron chi connectivity index (χ4n) is 7.09.